The van der Waals surface area contributed by atoms with Crippen molar-refractivity contribution in [1.29, 1.82) is 0 Å². The number of benzene rings is 1. The van der Waals surface area contributed by atoms with E-state index in [0.29, 0.717) is 23.7 Å². The summed E-state index contributed by atoms with van der Waals surface area (Å²) in [6.07, 6.45) is 0. The predicted molar refractivity (Wildman–Crippen MR) is 60.1 cm³/mol. The molecule has 0 atom stereocenters. The number of rotatable bonds is 3. The lowest BCUT2D eigenvalue weighted by molar-refractivity contribution is 0.0955. The van der Waals surface area contributed by atoms with E-state index in [1.165, 1.54) is 0 Å². The van der Waals surface area contributed by atoms with E-state index >= 15 is 0 Å². The molecule has 0 radical (unpaired) electrons. The van der Waals surface area contributed by atoms with E-state index in [0.717, 1.165) is 0 Å². The van der Waals surface area contributed by atoms with Gasteiger partial charge in [-0.25, -0.2) is 0 Å². The fourth-order valence-electron chi connectivity index (χ4n) is 0.889. The molecule has 14 heavy (non-hydrogen) atoms. The lowest BCUT2D eigenvalue weighted by Gasteiger charge is -2.02. The summed E-state index contributed by atoms with van der Waals surface area (Å²) in [5.41, 5.74) is 5.84. The zero-order valence-electron chi connectivity index (χ0n) is 7.50. The van der Waals surface area contributed by atoms with Crippen LogP contribution < -0.4 is 11.1 Å². The lowest BCUT2D eigenvalue weighted by atomic mass is 10.2. The molecule has 5 heteroatoms. The van der Waals surface area contributed by atoms with Gasteiger partial charge in [0.05, 0.1) is 0 Å². The van der Waals surface area contributed by atoms with Crippen LogP contribution in [0.5, 0.6) is 0 Å². The minimum absolute atomic E-state index is 0. The molecule has 1 rings (SSSR count). The predicted octanol–water partition coefficient (Wildman–Crippen LogP) is 1.45. The van der Waals surface area contributed by atoms with Crippen LogP contribution in [0.15, 0.2) is 24.3 Å². The maximum atomic E-state index is 11.3. The number of hydrogen-bond acceptors (Lipinski definition) is 2. The van der Waals surface area contributed by atoms with Gasteiger partial charge in [0.1, 0.15) is 0 Å². The summed E-state index contributed by atoms with van der Waals surface area (Å²) in [7, 11) is 0. The van der Waals surface area contributed by atoms with Crippen LogP contribution in [0, 0.1) is 0 Å². The van der Waals surface area contributed by atoms with Gasteiger partial charge in [0.15, 0.2) is 0 Å². The topological polar surface area (TPSA) is 55.1 Å². The number of halogens is 2. The first-order valence-corrected chi connectivity index (χ1v) is 4.35. The minimum atomic E-state index is -0.123. The molecule has 1 aromatic carbocycles. The third-order valence-electron chi connectivity index (χ3n) is 1.54. The van der Waals surface area contributed by atoms with Gasteiger partial charge in [-0.05, 0) is 24.3 Å². The summed E-state index contributed by atoms with van der Waals surface area (Å²) in [6.45, 7) is 0.931. The van der Waals surface area contributed by atoms with Crippen molar-refractivity contribution >= 4 is 29.9 Å². The van der Waals surface area contributed by atoms with Crippen molar-refractivity contribution < 1.29 is 4.79 Å². The molecule has 0 aliphatic carbocycles. The standard InChI is InChI=1S/C9H11ClN2O.ClH/c10-8-3-1-7(2-4-8)9(13)12-6-5-11;/h1-4H,5-6,11H2,(H,12,13);1H. The Balaban J connectivity index is 0.00000169. The number of hydrogen-bond donors (Lipinski definition) is 2. The molecule has 0 heterocycles. The highest BCUT2D eigenvalue weighted by atomic mass is 35.5. The van der Waals surface area contributed by atoms with Crippen molar-refractivity contribution in [2.24, 2.45) is 5.73 Å². The van der Waals surface area contributed by atoms with Gasteiger partial charge >= 0.3 is 0 Å². The van der Waals surface area contributed by atoms with Gasteiger partial charge < -0.3 is 11.1 Å². The Hall–Kier alpha value is -0.770. The van der Waals surface area contributed by atoms with E-state index < -0.39 is 0 Å². The molecule has 78 valence electrons. The zero-order valence-corrected chi connectivity index (χ0v) is 9.07. The summed E-state index contributed by atoms with van der Waals surface area (Å²) < 4.78 is 0. The number of carbonyl (C=O) groups excluding carboxylic acids is 1. The average molecular weight is 235 g/mol. The molecular formula is C9H12Cl2N2O. The van der Waals surface area contributed by atoms with Crippen molar-refractivity contribution in [3.8, 4) is 0 Å². The van der Waals surface area contributed by atoms with Crippen LogP contribution in [-0.4, -0.2) is 19.0 Å². The van der Waals surface area contributed by atoms with Gasteiger partial charge in [0.2, 0.25) is 0 Å². The number of amides is 1. The second-order valence-corrected chi connectivity index (χ2v) is 2.99. The van der Waals surface area contributed by atoms with Crippen LogP contribution in [-0.2, 0) is 0 Å². The smallest absolute Gasteiger partial charge is 0.251 e. The van der Waals surface area contributed by atoms with Crippen LogP contribution in [0.25, 0.3) is 0 Å². The fraction of sp³-hybridized carbons (Fsp3) is 0.222. The van der Waals surface area contributed by atoms with Crippen LogP contribution >= 0.6 is 24.0 Å². The van der Waals surface area contributed by atoms with Gasteiger partial charge in [0.25, 0.3) is 5.91 Å². The summed E-state index contributed by atoms with van der Waals surface area (Å²) >= 11 is 5.67. The molecular weight excluding hydrogens is 223 g/mol. The Morgan fingerprint density at radius 1 is 1.36 bits per heavy atom. The van der Waals surface area contributed by atoms with Crippen LogP contribution in [0.2, 0.25) is 5.02 Å². The molecule has 0 spiro atoms. The Bertz CT molecular complexity index is 287. The Kier molecular flexibility index (Phi) is 6.28. The second kappa shape index (κ2) is 6.65. The first kappa shape index (κ1) is 13.2. The van der Waals surface area contributed by atoms with Crippen LogP contribution in [0.3, 0.4) is 0 Å². The number of carbonyl (C=O) groups is 1. The van der Waals surface area contributed by atoms with Crippen LogP contribution in [0.1, 0.15) is 10.4 Å². The Labute approximate surface area is 94.0 Å². The summed E-state index contributed by atoms with van der Waals surface area (Å²) in [5, 5.41) is 3.28. The van der Waals surface area contributed by atoms with E-state index in [2.05, 4.69) is 5.32 Å². The molecule has 1 aromatic rings. The van der Waals surface area contributed by atoms with E-state index in [1.54, 1.807) is 24.3 Å². The maximum Gasteiger partial charge on any atom is 0.251 e. The Morgan fingerprint density at radius 3 is 2.43 bits per heavy atom. The molecule has 1 amide bonds. The van der Waals surface area contributed by atoms with Crippen LogP contribution in [0.4, 0.5) is 0 Å². The van der Waals surface area contributed by atoms with Crippen molar-refractivity contribution in [2.45, 2.75) is 0 Å². The van der Waals surface area contributed by atoms with E-state index in [1.807, 2.05) is 0 Å². The molecule has 3 N–H and O–H groups in total. The monoisotopic (exact) mass is 234 g/mol. The van der Waals surface area contributed by atoms with E-state index in [-0.39, 0.29) is 18.3 Å². The van der Waals surface area contributed by atoms with Gasteiger partial charge in [-0.1, -0.05) is 11.6 Å². The third-order valence-corrected chi connectivity index (χ3v) is 1.79. The van der Waals surface area contributed by atoms with Crippen molar-refractivity contribution in [3.05, 3.63) is 34.9 Å². The minimum Gasteiger partial charge on any atom is -0.351 e. The molecule has 3 nitrogen and oxygen atoms in total. The first-order chi connectivity index (χ1) is 6.24. The molecule has 0 bridgehead atoms. The molecule has 0 saturated heterocycles. The summed E-state index contributed by atoms with van der Waals surface area (Å²) in [6, 6.07) is 6.71. The van der Waals surface area contributed by atoms with Crippen molar-refractivity contribution in [1.82, 2.24) is 5.32 Å². The first-order valence-electron chi connectivity index (χ1n) is 3.98. The average Bonchev–Trinajstić information content (AvgIpc) is 2.15. The highest BCUT2D eigenvalue weighted by Gasteiger charge is 2.02. The highest BCUT2D eigenvalue weighted by molar-refractivity contribution is 6.30. The SMILES string of the molecule is Cl.NCCNC(=O)c1ccc(Cl)cc1. The maximum absolute atomic E-state index is 11.3. The number of nitrogens with one attached hydrogen (secondary N) is 1. The lowest BCUT2D eigenvalue weighted by Crippen LogP contribution is -2.28. The van der Waals surface area contributed by atoms with Gasteiger partial charge in [-0.15, -0.1) is 12.4 Å². The number of nitrogens with two attached hydrogens (primary N) is 1. The fourth-order valence-corrected chi connectivity index (χ4v) is 1.02. The van der Waals surface area contributed by atoms with Gasteiger partial charge in [0, 0.05) is 23.7 Å². The molecule has 0 saturated carbocycles. The third kappa shape index (κ3) is 3.96. The van der Waals surface area contributed by atoms with Gasteiger partial charge in [-0.3, -0.25) is 4.79 Å². The summed E-state index contributed by atoms with van der Waals surface area (Å²) in [5.74, 6) is -0.123. The highest BCUT2D eigenvalue weighted by Crippen LogP contribution is 2.08. The normalized spacial score (nSPS) is 9.00. The van der Waals surface area contributed by atoms with Crippen molar-refractivity contribution in [2.75, 3.05) is 13.1 Å². The van der Waals surface area contributed by atoms with E-state index in [4.69, 9.17) is 17.3 Å². The molecule has 0 aliphatic heterocycles. The zero-order chi connectivity index (χ0) is 9.68. The summed E-state index contributed by atoms with van der Waals surface area (Å²) in [4.78, 5) is 11.3. The molecule has 0 fully saturated rings. The molecule has 0 aromatic heterocycles. The quantitative estimate of drug-likeness (QED) is 0.833. The molecule has 0 aliphatic rings. The second-order valence-electron chi connectivity index (χ2n) is 2.55. The Morgan fingerprint density at radius 2 is 1.93 bits per heavy atom. The van der Waals surface area contributed by atoms with E-state index in [9.17, 15) is 4.79 Å². The van der Waals surface area contributed by atoms with Crippen molar-refractivity contribution in [3.63, 3.8) is 0 Å². The largest absolute Gasteiger partial charge is 0.351 e. The van der Waals surface area contributed by atoms with Gasteiger partial charge in [-0.2, -0.15) is 0 Å². The molecule has 0 unspecified atom stereocenters.